The molecule has 1 unspecified atom stereocenters. The average Bonchev–Trinajstić information content (AvgIpc) is 3.31. The van der Waals surface area contributed by atoms with Crippen LogP contribution in [0.1, 0.15) is 27.8 Å². The number of hydrogen-bond donors (Lipinski definition) is 2. The van der Waals surface area contributed by atoms with Crippen molar-refractivity contribution in [1.29, 1.82) is 0 Å². The van der Waals surface area contributed by atoms with Gasteiger partial charge in [-0.3, -0.25) is 9.59 Å². The van der Waals surface area contributed by atoms with Crippen molar-refractivity contribution < 1.29 is 23.5 Å². The molecule has 0 aliphatic rings. The van der Waals surface area contributed by atoms with Crippen LogP contribution in [-0.2, 0) is 11.8 Å². The summed E-state index contributed by atoms with van der Waals surface area (Å²) in [5, 5.41) is 5.66. The monoisotopic (exact) mass is 488 g/mol. The molecule has 0 bridgehead atoms. The van der Waals surface area contributed by atoms with Gasteiger partial charge in [0.05, 0.1) is 7.11 Å². The van der Waals surface area contributed by atoms with Gasteiger partial charge in [-0.15, -0.1) is 0 Å². The molecular formula is C27H25FN4O4. The summed E-state index contributed by atoms with van der Waals surface area (Å²) >= 11 is 0. The summed E-state index contributed by atoms with van der Waals surface area (Å²) in [5.74, 6) is 0.518. The highest BCUT2D eigenvalue weighted by Gasteiger charge is 2.22. The second-order valence-corrected chi connectivity index (χ2v) is 7.95. The van der Waals surface area contributed by atoms with Crippen LogP contribution in [0.2, 0.25) is 0 Å². The summed E-state index contributed by atoms with van der Waals surface area (Å²) in [7, 11) is 3.35. The number of aromatic nitrogens is 2. The largest absolute Gasteiger partial charge is 0.497 e. The SMILES string of the molecule is COc1cccc(NC(=O)COc2ccc(C(=O)NC(c3cccc(F)c3)c3nccn3C)cc2)c1. The average molecular weight is 489 g/mol. The molecule has 2 N–H and O–H groups in total. The smallest absolute Gasteiger partial charge is 0.262 e. The van der Waals surface area contributed by atoms with E-state index in [4.69, 9.17) is 9.47 Å². The molecular weight excluding hydrogens is 463 g/mol. The van der Waals surface area contributed by atoms with Gasteiger partial charge in [0.2, 0.25) is 0 Å². The van der Waals surface area contributed by atoms with Gasteiger partial charge < -0.3 is 24.7 Å². The Morgan fingerprint density at radius 1 is 1.03 bits per heavy atom. The summed E-state index contributed by atoms with van der Waals surface area (Å²) < 4.78 is 26.3. The van der Waals surface area contributed by atoms with E-state index in [-0.39, 0.29) is 18.4 Å². The Bertz CT molecular complexity index is 1350. The molecule has 4 aromatic rings. The quantitative estimate of drug-likeness (QED) is 0.370. The second-order valence-electron chi connectivity index (χ2n) is 7.95. The fourth-order valence-corrected chi connectivity index (χ4v) is 3.60. The molecule has 0 radical (unpaired) electrons. The van der Waals surface area contributed by atoms with Gasteiger partial charge in [0.25, 0.3) is 11.8 Å². The minimum absolute atomic E-state index is 0.205. The maximum Gasteiger partial charge on any atom is 0.262 e. The van der Waals surface area contributed by atoms with Gasteiger partial charge in [-0.1, -0.05) is 18.2 Å². The van der Waals surface area contributed by atoms with Crippen LogP contribution in [0.4, 0.5) is 10.1 Å². The van der Waals surface area contributed by atoms with Crippen molar-refractivity contribution in [3.63, 3.8) is 0 Å². The predicted octanol–water partition coefficient (Wildman–Crippen LogP) is 4.10. The van der Waals surface area contributed by atoms with Crippen molar-refractivity contribution >= 4 is 17.5 Å². The Morgan fingerprint density at radius 3 is 2.50 bits per heavy atom. The molecule has 0 saturated heterocycles. The number of nitrogens with one attached hydrogen (secondary N) is 2. The molecule has 1 atom stereocenters. The number of carbonyl (C=O) groups is 2. The molecule has 3 aromatic carbocycles. The van der Waals surface area contributed by atoms with E-state index in [1.165, 1.54) is 12.1 Å². The van der Waals surface area contributed by atoms with Gasteiger partial charge in [0, 0.05) is 36.8 Å². The minimum Gasteiger partial charge on any atom is -0.497 e. The third-order valence-corrected chi connectivity index (χ3v) is 5.41. The van der Waals surface area contributed by atoms with E-state index in [9.17, 15) is 14.0 Å². The van der Waals surface area contributed by atoms with Crippen molar-refractivity contribution in [3.8, 4) is 11.5 Å². The first-order chi connectivity index (χ1) is 17.4. The van der Waals surface area contributed by atoms with Crippen molar-refractivity contribution in [2.45, 2.75) is 6.04 Å². The van der Waals surface area contributed by atoms with Crippen LogP contribution in [0.25, 0.3) is 0 Å². The zero-order chi connectivity index (χ0) is 25.5. The van der Waals surface area contributed by atoms with Crippen LogP contribution in [0.3, 0.4) is 0 Å². The number of nitrogens with zero attached hydrogens (tertiary/aromatic N) is 2. The Labute approximate surface area is 207 Å². The number of halogens is 1. The van der Waals surface area contributed by atoms with E-state index in [2.05, 4.69) is 15.6 Å². The minimum atomic E-state index is -0.649. The van der Waals surface area contributed by atoms with Gasteiger partial charge in [0.15, 0.2) is 6.61 Å². The zero-order valence-corrected chi connectivity index (χ0v) is 19.8. The molecule has 0 fully saturated rings. The number of rotatable bonds is 9. The van der Waals surface area contributed by atoms with Crippen LogP contribution in [0.5, 0.6) is 11.5 Å². The molecule has 184 valence electrons. The highest BCUT2D eigenvalue weighted by molar-refractivity contribution is 5.95. The number of carbonyl (C=O) groups excluding carboxylic acids is 2. The van der Waals surface area contributed by atoms with Crippen LogP contribution in [0, 0.1) is 5.82 Å². The normalized spacial score (nSPS) is 11.4. The first-order valence-electron chi connectivity index (χ1n) is 11.1. The van der Waals surface area contributed by atoms with Crippen molar-refractivity contribution in [1.82, 2.24) is 14.9 Å². The number of methoxy groups -OCH3 is 1. The summed E-state index contributed by atoms with van der Waals surface area (Å²) in [4.78, 5) is 29.5. The number of hydrogen-bond acceptors (Lipinski definition) is 5. The molecule has 2 amide bonds. The van der Waals surface area contributed by atoms with E-state index in [0.717, 1.165) is 0 Å². The first-order valence-corrected chi connectivity index (χ1v) is 11.1. The maximum absolute atomic E-state index is 13.9. The molecule has 0 saturated carbocycles. The third kappa shape index (κ3) is 6.06. The number of amides is 2. The molecule has 9 heteroatoms. The zero-order valence-electron chi connectivity index (χ0n) is 19.8. The van der Waals surface area contributed by atoms with Crippen molar-refractivity contribution in [3.05, 3.63) is 108 Å². The van der Waals surface area contributed by atoms with Gasteiger partial charge in [-0.2, -0.15) is 0 Å². The van der Waals surface area contributed by atoms with E-state index in [0.29, 0.717) is 34.1 Å². The molecule has 4 rings (SSSR count). The molecule has 0 spiro atoms. The highest BCUT2D eigenvalue weighted by atomic mass is 19.1. The molecule has 0 aliphatic heterocycles. The van der Waals surface area contributed by atoms with Crippen LogP contribution in [-0.4, -0.2) is 35.1 Å². The summed E-state index contributed by atoms with van der Waals surface area (Å²) in [6.07, 6.45) is 3.37. The lowest BCUT2D eigenvalue weighted by atomic mass is 10.0. The fourth-order valence-electron chi connectivity index (χ4n) is 3.60. The Hall–Kier alpha value is -4.66. The molecule has 8 nitrogen and oxygen atoms in total. The Morgan fingerprint density at radius 2 is 1.81 bits per heavy atom. The lowest BCUT2D eigenvalue weighted by Crippen LogP contribution is -2.31. The molecule has 1 heterocycles. The first kappa shape index (κ1) is 24.5. The summed E-state index contributed by atoms with van der Waals surface area (Å²) in [6, 6.07) is 18.8. The highest BCUT2D eigenvalue weighted by Crippen LogP contribution is 2.22. The number of anilines is 1. The van der Waals surface area contributed by atoms with Gasteiger partial charge >= 0.3 is 0 Å². The van der Waals surface area contributed by atoms with E-state index >= 15 is 0 Å². The Kier molecular flexibility index (Phi) is 7.60. The van der Waals surface area contributed by atoms with Gasteiger partial charge in [-0.05, 0) is 54.1 Å². The van der Waals surface area contributed by atoms with E-state index < -0.39 is 11.9 Å². The lowest BCUT2D eigenvalue weighted by Gasteiger charge is -2.19. The number of imidazole rings is 1. The third-order valence-electron chi connectivity index (χ3n) is 5.41. The van der Waals surface area contributed by atoms with Crippen LogP contribution >= 0.6 is 0 Å². The number of aryl methyl sites for hydroxylation is 1. The Balaban J connectivity index is 1.39. The number of ether oxygens (including phenoxy) is 2. The summed E-state index contributed by atoms with van der Waals surface area (Å²) in [6.45, 7) is -0.205. The van der Waals surface area contributed by atoms with Crippen molar-refractivity contribution in [2.75, 3.05) is 19.0 Å². The lowest BCUT2D eigenvalue weighted by molar-refractivity contribution is -0.118. The maximum atomic E-state index is 13.9. The van der Waals surface area contributed by atoms with E-state index in [1.807, 2.05) is 0 Å². The van der Waals surface area contributed by atoms with Gasteiger partial charge in [0.1, 0.15) is 29.2 Å². The molecule has 1 aromatic heterocycles. The molecule has 0 aliphatic carbocycles. The van der Waals surface area contributed by atoms with Crippen molar-refractivity contribution in [2.24, 2.45) is 7.05 Å². The standard InChI is InChI=1S/C27H25FN4O4/c1-32-14-13-29-26(32)25(19-5-3-6-20(28)15-19)31-27(34)18-9-11-22(12-10-18)36-17-24(33)30-21-7-4-8-23(16-21)35-2/h3-16,25H,17H2,1-2H3,(H,30,33)(H,31,34). The molecule has 36 heavy (non-hydrogen) atoms. The van der Waals surface area contributed by atoms with Crippen LogP contribution < -0.4 is 20.1 Å². The second kappa shape index (κ2) is 11.2. The predicted molar refractivity (Wildman–Crippen MR) is 132 cm³/mol. The van der Waals surface area contributed by atoms with E-state index in [1.54, 1.807) is 91.8 Å². The van der Waals surface area contributed by atoms with Crippen LogP contribution in [0.15, 0.2) is 85.2 Å². The summed E-state index contributed by atoms with van der Waals surface area (Å²) in [5.41, 5.74) is 1.54. The van der Waals surface area contributed by atoms with Gasteiger partial charge in [-0.25, -0.2) is 9.37 Å². The fraction of sp³-hybridized carbons (Fsp3) is 0.148. The topological polar surface area (TPSA) is 94.5 Å². The number of benzene rings is 3.